The molecule has 0 spiro atoms. The first-order valence-corrected chi connectivity index (χ1v) is 7.31. The number of rotatable bonds is 6. The summed E-state index contributed by atoms with van der Waals surface area (Å²) in [5, 5.41) is 15.3. The molecule has 0 aliphatic carbocycles. The molecule has 108 valence electrons. The van der Waals surface area contributed by atoms with E-state index >= 15 is 0 Å². The molecule has 0 atom stereocenters. The summed E-state index contributed by atoms with van der Waals surface area (Å²) in [6, 6.07) is 5.79. The van der Waals surface area contributed by atoms with Crippen LogP contribution < -0.4 is 0 Å². The van der Waals surface area contributed by atoms with Gasteiger partial charge in [0.05, 0.1) is 10.6 Å². The number of hydrogen-bond donors (Lipinski definition) is 1. The summed E-state index contributed by atoms with van der Waals surface area (Å²) in [5.74, 6) is -0.125. The lowest BCUT2D eigenvalue weighted by Gasteiger charge is -2.33. The molecule has 0 aromatic carbocycles. The van der Waals surface area contributed by atoms with Gasteiger partial charge in [0, 0.05) is 12.6 Å². The molecule has 5 nitrogen and oxygen atoms in total. The summed E-state index contributed by atoms with van der Waals surface area (Å²) in [6.45, 7) is 6.40. The van der Waals surface area contributed by atoms with Gasteiger partial charge < -0.3 is 9.63 Å². The van der Waals surface area contributed by atoms with Crippen molar-refractivity contribution in [2.45, 2.75) is 32.9 Å². The van der Waals surface area contributed by atoms with Crippen molar-refractivity contribution in [2.75, 3.05) is 6.54 Å². The molecular formula is C14H18N2O3S. The maximum absolute atomic E-state index is 11.3. The van der Waals surface area contributed by atoms with Crippen molar-refractivity contribution >= 4 is 17.3 Å². The lowest BCUT2D eigenvalue weighted by molar-refractivity contribution is -0.149. The Kier molecular flexibility index (Phi) is 4.25. The van der Waals surface area contributed by atoms with Gasteiger partial charge in [-0.1, -0.05) is 18.1 Å². The van der Waals surface area contributed by atoms with Crippen molar-refractivity contribution in [3.8, 4) is 10.6 Å². The van der Waals surface area contributed by atoms with Crippen LogP contribution in [0.5, 0.6) is 0 Å². The maximum atomic E-state index is 11.3. The molecule has 0 aliphatic rings. The molecule has 2 aromatic rings. The summed E-state index contributed by atoms with van der Waals surface area (Å²) in [7, 11) is 0. The molecule has 0 saturated carbocycles. The number of hydrogen-bond acceptors (Lipinski definition) is 5. The summed E-state index contributed by atoms with van der Waals surface area (Å²) in [5.41, 5.74) is -0.193. The highest BCUT2D eigenvalue weighted by Gasteiger charge is 2.34. The highest BCUT2D eigenvalue weighted by Crippen LogP contribution is 2.26. The van der Waals surface area contributed by atoms with E-state index < -0.39 is 11.5 Å². The summed E-state index contributed by atoms with van der Waals surface area (Å²) in [4.78, 5) is 14.2. The van der Waals surface area contributed by atoms with Crippen LogP contribution in [0.15, 0.2) is 28.1 Å². The van der Waals surface area contributed by atoms with Crippen molar-refractivity contribution in [3.63, 3.8) is 0 Å². The molecule has 0 fully saturated rings. The highest BCUT2D eigenvalue weighted by atomic mass is 32.1. The second kappa shape index (κ2) is 5.76. The molecule has 0 unspecified atom stereocenters. The minimum absolute atomic E-state index is 0.449. The first-order valence-electron chi connectivity index (χ1n) is 6.43. The molecule has 0 radical (unpaired) electrons. The van der Waals surface area contributed by atoms with Gasteiger partial charge in [-0.3, -0.25) is 9.69 Å². The van der Waals surface area contributed by atoms with Crippen molar-refractivity contribution < 1.29 is 14.4 Å². The zero-order chi connectivity index (χ0) is 14.8. The zero-order valence-electron chi connectivity index (χ0n) is 11.8. The van der Waals surface area contributed by atoms with Crippen molar-refractivity contribution in [1.29, 1.82) is 0 Å². The number of aromatic nitrogens is 1. The van der Waals surface area contributed by atoms with Gasteiger partial charge in [0.2, 0.25) is 0 Å². The first-order chi connectivity index (χ1) is 9.45. The molecule has 1 N–H and O–H groups in total. The van der Waals surface area contributed by atoms with E-state index in [4.69, 9.17) is 4.52 Å². The van der Waals surface area contributed by atoms with E-state index in [2.05, 4.69) is 5.16 Å². The Hall–Kier alpha value is -1.66. The Morgan fingerprint density at radius 3 is 2.85 bits per heavy atom. The van der Waals surface area contributed by atoms with Crippen LogP contribution in [0.2, 0.25) is 0 Å². The van der Waals surface area contributed by atoms with Crippen molar-refractivity contribution in [2.24, 2.45) is 0 Å². The predicted octanol–water partition coefficient (Wildman–Crippen LogP) is 3.09. The van der Waals surface area contributed by atoms with Crippen LogP contribution in [0.1, 0.15) is 26.5 Å². The Balaban J connectivity index is 2.15. The fourth-order valence-corrected chi connectivity index (χ4v) is 2.63. The van der Waals surface area contributed by atoms with Gasteiger partial charge in [0.25, 0.3) is 0 Å². The van der Waals surface area contributed by atoms with Gasteiger partial charge in [0.1, 0.15) is 5.54 Å². The van der Waals surface area contributed by atoms with Crippen LogP contribution >= 0.6 is 11.3 Å². The molecule has 2 heterocycles. The number of nitrogens with zero attached hydrogens (tertiary/aromatic N) is 2. The Bertz CT molecular complexity index is 575. The van der Waals surface area contributed by atoms with E-state index in [9.17, 15) is 9.90 Å². The lowest BCUT2D eigenvalue weighted by Crippen LogP contribution is -2.49. The molecule has 0 amide bonds. The smallest absolute Gasteiger partial charge is 0.323 e. The fraction of sp³-hybridized carbons (Fsp3) is 0.429. The van der Waals surface area contributed by atoms with Gasteiger partial charge >= 0.3 is 5.97 Å². The van der Waals surface area contributed by atoms with Crippen LogP contribution in [0.4, 0.5) is 0 Å². The van der Waals surface area contributed by atoms with Gasteiger partial charge in [-0.2, -0.15) is 0 Å². The van der Waals surface area contributed by atoms with Gasteiger partial charge in [-0.05, 0) is 31.8 Å². The van der Waals surface area contributed by atoms with Crippen molar-refractivity contribution in [1.82, 2.24) is 10.1 Å². The summed E-state index contributed by atoms with van der Waals surface area (Å²) in [6.07, 6.45) is 0. The van der Waals surface area contributed by atoms with Gasteiger partial charge in [0.15, 0.2) is 5.76 Å². The number of carboxylic acids is 1. The van der Waals surface area contributed by atoms with E-state index in [1.165, 1.54) is 0 Å². The average Bonchev–Trinajstić information content (AvgIpc) is 3.06. The third-order valence-electron chi connectivity index (χ3n) is 3.37. The second-order valence-corrected chi connectivity index (χ2v) is 5.99. The minimum Gasteiger partial charge on any atom is -0.480 e. The monoisotopic (exact) mass is 294 g/mol. The normalized spacial score (nSPS) is 12.0. The van der Waals surface area contributed by atoms with E-state index in [-0.39, 0.29) is 0 Å². The number of aliphatic carboxylic acids is 1. The van der Waals surface area contributed by atoms with Crippen molar-refractivity contribution in [3.05, 3.63) is 29.3 Å². The maximum Gasteiger partial charge on any atom is 0.323 e. The second-order valence-electron chi connectivity index (χ2n) is 5.04. The van der Waals surface area contributed by atoms with E-state index in [1.54, 1.807) is 25.2 Å². The summed E-state index contributed by atoms with van der Waals surface area (Å²) >= 11 is 1.58. The number of likely N-dealkylation sites (N-methyl/N-ethyl adjacent to an activating group) is 1. The van der Waals surface area contributed by atoms with Crippen LogP contribution in [0.3, 0.4) is 0 Å². The Morgan fingerprint density at radius 2 is 2.30 bits per heavy atom. The van der Waals surface area contributed by atoms with Gasteiger partial charge in [-0.25, -0.2) is 0 Å². The summed E-state index contributed by atoms with van der Waals surface area (Å²) < 4.78 is 5.31. The average molecular weight is 294 g/mol. The topological polar surface area (TPSA) is 66.6 Å². The van der Waals surface area contributed by atoms with E-state index in [0.29, 0.717) is 13.1 Å². The quantitative estimate of drug-likeness (QED) is 0.886. The molecule has 0 saturated heterocycles. The minimum atomic E-state index is -0.934. The molecule has 0 bridgehead atoms. The highest BCUT2D eigenvalue weighted by molar-refractivity contribution is 7.13. The zero-order valence-corrected chi connectivity index (χ0v) is 12.6. The third-order valence-corrected chi connectivity index (χ3v) is 4.26. The predicted molar refractivity (Wildman–Crippen MR) is 77.6 cm³/mol. The number of carbonyl (C=O) groups is 1. The van der Waals surface area contributed by atoms with E-state index in [1.807, 2.05) is 35.4 Å². The number of carboxylic acid groups (broad SMARTS) is 1. The molecule has 2 rings (SSSR count). The molecule has 0 aliphatic heterocycles. The fourth-order valence-electron chi connectivity index (χ4n) is 1.96. The van der Waals surface area contributed by atoms with Crippen LogP contribution in [-0.2, 0) is 11.3 Å². The SMILES string of the molecule is CCN(Cc1cc(-c2cccs2)on1)C(C)(C)C(=O)O. The van der Waals surface area contributed by atoms with Crippen LogP contribution in [0.25, 0.3) is 10.6 Å². The largest absolute Gasteiger partial charge is 0.480 e. The molecule has 20 heavy (non-hydrogen) atoms. The molecular weight excluding hydrogens is 276 g/mol. The van der Waals surface area contributed by atoms with Crippen LogP contribution in [-0.4, -0.2) is 33.2 Å². The van der Waals surface area contributed by atoms with Gasteiger partial charge in [-0.15, -0.1) is 11.3 Å². The standard InChI is InChI=1S/C14H18N2O3S/c1-4-16(14(2,3)13(17)18)9-10-8-11(19-15-10)12-6-5-7-20-12/h5-8H,4,9H2,1-3H3,(H,17,18). The lowest BCUT2D eigenvalue weighted by atomic mass is 10.0. The number of thiophene rings is 1. The molecule has 2 aromatic heterocycles. The third kappa shape index (κ3) is 2.91. The first kappa shape index (κ1) is 14.7. The Labute approximate surface area is 121 Å². The Morgan fingerprint density at radius 1 is 1.55 bits per heavy atom. The van der Waals surface area contributed by atoms with E-state index in [0.717, 1.165) is 16.3 Å². The molecule has 6 heteroatoms. The van der Waals surface area contributed by atoms with Crippen LogP contribution in [0, 0.1) is 0 Å².